The van der Waals surface area contributed by atoms with Crippen molar-refractivity contribution in [2.45, 2.75) is 18.0 Å². The maximum atomic E-state index is 10.4. The van der Waals surface area contributed by atoms with Gasteiger partial charge in [0.05, 0.1) is 6.42 Å². The van der Waals surface area contributed by atoms with Crippen LogP contribution in [0.3, 0.4) is 0 Å². The van der Waals surface area contributed by atoms with Crippen LogP contribution >= 0.6 is 11.8 Å². The van der Waals surface area contributed by atoms with Gasteiger partial charge in [0.2, 0.25) is 0 Å². The largest absolute Gasteiger partial charge is 0.481 e. The molecule has 0 saturated carbocycles. The minimum Gasteiger partial charge on any atom is -0.481 e. The first-order chi connectivity index (χ1) is 5.93. The molecule has 0 aromatic rings. The summed E-state index contributed by atoms with van der Waals surface area (Å²) in [4.78, 5) is 20.6. The lowest BCUT2D eigenvalue weighted by Gasteiger charge is -2.09. The summed E-state index contributed by atoms with van der Waals surface area (Å²) in [7, 11) is 0. The highest BCUT2D eigenvalue weighted by Gasteiger charge is 2.21. The van der Waals surface area contributed by atoms with Crippen molar-refractivity contribution in [1.29, 1.82) is 0 Å². The number of aliphatic hydroxyl groups is 2. The quantitative estimate of drug-likeness (QED) is 0.414. The number of carboxylic acid groups (broad SMARTS) is 2. The van der Waals surface area contributed by atoms with E-state index in [0.717, 1.165) is 0 Å². The van der Waals surface area contributed by atoms with E-state index in [1.54, 1.807) is 0 Å². The van der Waals surface area contributed by atoms with Gasteiger partial charge in [-0.3, -0.25) is 9.59 Å². The van der Waals surface area contributed by atoms with E-state index >= 15 is 0 Å². The first-order valence-corrected chi connectivity index (χ1v) is 4.40. The van der Waals surface area contributed by atoms with Crippen molar-refractivity contribution in [3.8, 4) is 0 Å². The fourth-order valence-electron chi connectivity index (χ4n) is 0.578. The first kappa shape index (κ1) is 12.2. The predicted octanol–water partition coefficient (Wildman–Crippen LogP) is -1.04. The molecule has 0 amide bonds. The van der Waals surface area contributed by atoms with Crippen LogP contribution in [0.1, 0.15) is 6.42 Å². The predicted molar refractivity (Wildman–Crippen MR) is 44.4 cm³/mol. The van der Waals surface area contributed by atoms with Crippen molar-refractivity contribution in [3.05, 3.63) is 0 Å². The molecule has 0 heterocycles. The SMILES string of the molecule is O=C(O)CC(SCC(O)O)C(=O)O. The lowest BCUT2D eigenvalue weighted by molar-refractivity contribution is -0.142. The summed E-state index contributed by atoms with van der Waals surface area (Å²) >= 11 is 0.686. The summed E-state index contributed by atoms with van der Waals surface area (Å²) in [5.41, 5.74) is 0. The summed E-state index contributed by atoms with van der Waals surface area (Å²) in [6, 6.07) is 0. The average Bonchev–Trinajstić information content (AvgIpc) is 1.96. The molecule has 0 aliphatic heterocycles. The second-order valence-electron chi connectivity index (χ2n) is 2.24. The van der Waals surface area contributed by atoms with Crippen LogP contribution in [0.4, 0.5) is 0 Å². The fourth-order valence-corrected chi connectivity index (χ4v) is 1.39. The van der Waals surface area contributed by atoms with Gasteiger partial charge in [0.25, 0.3) is 0 Å². The molecule has 6 nitrogen and oxygen atoms in total. The smallest absolute Gasteiger partial charge is 0.317 e. The molecule has 0 spiro atoms. The van der Waals surface area contributed by atoms with E-state index in [9.17, 15) is 9.59 Å². The Bertz CT molecular complexity index is 192. The second-order valence-corrected chi connectivity index (χ2v) is 3.47. The maximum Gasteiger partial charge on any atom is 0.317 e. The lowest BCUT2D eigenvalue weighted by Crippen LogP contribution is -2.23. The summed E-state index contributed by atoms with van der Waals surface area (Å²) in [5, 5.41) is 32.5. The molecular weight excluding hydrogens is 200 g/mol. The molecule has 0 aliphatic rings. The number of carbonyl (C=O) groups is 2. The third kappa shape index (κ3) is 6.38. The van der Waals surface area contributed by atoms with Gasteiger partial charge in [-0.05, 0) is 0 Å². The molecule has 0 aliphatic carbocycles. The molecule has 0 bridgehead atoms. The zero-order valence-electron chi connectivity index (χ0n) is 6.58. The van der Waals surface area contributed by atoms with Crippen LogP contribution in [0, 0.1) is 0 Å². The van der Waals surface area contributed by atoms with E-state index in [2.05, 4.69) is 0 Å². The van der Waals surface area contributed by atoms with Crippen molar-refractivity contribution in [1.82, 2.24) is 0 Å². The molecule has 1 unspecified atom stereocenters. The van der Waals surface area contributed by atoms with Gasteiger partial charge in [0.15, 0.2) is 6.29 Å². The van der Waals surface area contributed by atoms with E-state index in [0.29, 0.717) is 11.8 Å². The maximum absolute atomic E-state index is 10.4. The number of hydrogen-bond acceptors (Lipinski definition) is 5. The van der Waals surface area contributed by atoms with Crippen molar-refractivity contribution in [2.24, 2.45) is 0 Å². The van der Waals surface area contributed by atoms with Crippen molar-refractivity contribution in [2.75, 3.05) is 5.75 Å². The van der Waals surface area contributed by atoms with E-state index in [4.69, 9.17) is 20.4 Å². The molecule has 0 radical (unpaired) electrons. The Morgan fingerprint density at radius 1 is 1.23 bits per heavy atom. The molecule has 1 atom stereocenters. The third-order valence-electron chi connectivity index (χ3n) is 1.08. The van der Waals surface area contributed by atoms with Gasteiger partial charge >= 0.3 is 11.9 Å². The monoisotopic (exact) mass is 210 g/mol. The van der Waals surface area contributed by atoms with Gasteiger partial charge in [-0.2, -0.15) is 0 Å². The molecule has 76 valence electrons. The number of aliphatic hydroxyl groups excluding tert-OH is 1. The van der Waals surface area contributed by atoms with Gasteiger partial charge in [0, 0.05) is 5.75 Å². The van der Waals surface area contributed by atoms with Crippen LogP contribution in [0.5, 0.6) is 0 Å². The minimum atomic E-state index is -1.62. The average molecular weight is 210 g/mol. The lowest BCUT2D eigenvalue weighted by atomic mass is 10.3. The van der Waals surface area contributed by atoms with E-state index in [1.165, 1.54) is 0 Å². The number of thioether (sulfide) groups is 1. The van der Waals surface area contributed by atoms with Gasteiger partial charge < -0.3 is 20.4 Å². The van der Waals surface area contributed by atoms with Gasteiger partial charge in [-0.1, -0.05) is 0 Å². The molecule has 0 aromatic carbocycles. The number of aliphatic carboxylic acids is 2. The Labute approximate surface area is 78.2 Å². The van der Waals surface area contributed by atoms with Crippen molar-refractivity contribution in [3.63, 3.8) is 0 Å². The molecule has 7 heteroatoms. The van der Waals surface area contributed by atoms with Crippen LogP contribution < -0.4 is 0 Å². The van der Waals surface area contributed by atoms with Crippen molar-refractivity contribution < 1.29 is 30.0 Å². The zero-order valence-corrected chi connectivity index (χ0v) is 7.40. The standard InChI is InChI=1S/C6H10O6S/c7-4(8)1-3(6(11)12)13-2-5(9)10/h3,5,9-10H,1-2H2,(H,7,8)(H,11,12). The normalized spacial score (nSPS) is 12.8. The Balaban J connectivity index is 3.95. The second kappa shape index (κ2) is 5.79. The first-order valence-electron chi connectivity index (χ1n) is 3.35. The highest BCUT2D eigenvalue weighted by molar-refractivity contribution is 8.00. The minimum absolute atomic E-state index is 0.218. The van der Waals surface area contributed by atoms with Gasteiger partial charge in [-0.15, -0.1) is 11.8 Å². The number of rotatable bonds is 6. The molecule has 4 N–H and O–H groups in total. The molecule has 0 saturated heterocycles. The number of hydrogen-bond donors (Lipinski definition) is 4. The Kier molecular flexibility index (Phi) is 5.44. The Morgan fingerprint density at radius 3 is 2.08 bits per heavy atom. The Hall–Kier alpha value is -0.790. The summed E-state index contributed by atoms with van der Waals surface area (Å²) in [6.45, 7) is 0. The van der Waals surface area contributed by atoms with Gasteiger partial charge in [0.1, 0.15) is 5.25 Å². The van der Waals surface area contributed by atoms with E-state index < -0.39 is 29.9 Å². The third-order valence-corrected chi connectivity index (χ3v) is 2.34. The number of carboxylic acids is 2. The van der Waals surface area contributed by atoms with Crippen LogP contribution in [-0.4, -0.2) is 49.7 Å². The van der Waals surface area contributed by atoms with Crippen LogP contribution in [0.15, 0.2) is 0 Å². The Morgan fingerprint density at radius 2 is 1.77 bits per heavy atom. The summed E-state index contributed by atoms with van der Waals surface area (Å²) < 4.78 is 0. The molecule has 0 fully saturated rings. The van der Waals surface area contributed by atoms with E-state index in [1.807, 2.05) is 0 Å². The summed E-state index contributed by atoms with van der Waals surface area (Å²) in [5.74, 6) is -2.72. The van der Waals surface area contributed by atoms with Crippen molar-refractivity contribution >= 4 is 23.7 Å². The molecule has 13 heavy (non-hydrogen) atoms. The van der Waals surface area contributed by atoms with Crippen LogP contribution in [0.2, 0.25) is 0 Å². The van der Waals surface area contributed by atoms with Crippen LogP contribution in [0.25, 0.3) is 0 Å². The molecule has 0 aromatic heterocycles. The molecule has 0 rings (SSSR count). The summed E-state index contributed by atoms with van der Waals surface area (Å²) in [6.07, 6.45) is -2.16. The highest BCUT2D eigenvalue weighted by Crippen LogP contribution is 2.15. The zero-order chi connectivity index (χ0) is 10.4. The topological polar surface area (TPSA) is 115 Å². The molecular formula is C6H10O6S. The highest BCUT2D eigenvalue weighted by atomic mass is 32.2. The van der Waals surface area contributed by atoms with E-state index in [-0.39, 0.29) is 5.75 Å². The van der Waals surface area contributed by atoms with Gasteiger partial charge in [-0.25, -0.2) is 0 Å². The fraction of sp³-hybridized carbons (Fsp3) is 0.667. The van der Waals surface area contributed by atoms with Crippen LogP contribution in [-0.2, 0) is 9.59 Å².